The number of aromatic nitrogens is 1. The number of anilines is 1. The molecule has 1 N–H and O–H groups in total. The average molecular weight is 439 g/mol. The molecule has 0 radical (unpaired) electrons. The van der Waals surface area contributed by atoms with E-state index in [-0.39, 0.29) is 24.2 Å². The second-order valence-electron chi connectivity index (χ2n) is 7.33. The zero-order valence-electron chi connectivity index (χ0n) is 17.0. The zero-order chi connectivity index (χ0) is 21.6. The van der Waals surface area contributed by atoms with E-state index < -0.39 is 0 Å². The van der Waals surface area contributed by atoms with E-state index in [0.29, 0.717) is 37.6 Å². The standard InChI is InChI=1S/C23H23FN4O2S/c24-17-5-7-18(8-6-17)26-22(29)15-27-11-13-28(14-12-27)23(30)16-31-21-9-10-25-20-4-2-1-3-19(20)21/h1-10H,11-16H2,(H,26,29). The summed E-state index contributed by atoms with van der Waals surface area (Å²) in [6.07, 6.45) is 1.77. The Morgan fingerprint density at radius 1 is 1.00 bits per heavy atom. The van der Waals surface area contributed by atoms with Gasteiger partial charge in [0.2, 0.25) is 11.8 Å². The van der Waals surface area contributed by atoms with Crippen LogP contribution in [0.15, 0.2) is 65.7 Å². The van der Waals surface area contributed by atoms with Crippen molar-refractivity contribution in [2.45, 2.75) is 4.90 Å². The summed E-state index contributed by atoms with van der Waals surface area (Å²) < 4.78 is 13.0. The molecule has 2 aromatic carbocycles. The predicted molar refractivity (Wildman–Crippen MR) is 121 cm³/mol. The Bertz CT molecular complexity index is 1060. The first-order valence-electron chi connectivity index (χ1n) is 10.1. The minimum Gasteiger partial charge on any atom is -0.339 e. The number of hydrogen-bond acceptors (Lipinski definition) is 5. The van der Waals surface area contributed by atoms with E-state index in [1.165, 1.54) is 36.0 Å². The highest BCUT2D eigenvalue weighted by atomic mass is 32.2. The van der Waals surface area contributed by atoms with Gasteiger partial charge in [0.1, 0.15) is 5.82 Å². The van der Waals surface area contributed by atoms with Crippen LogP contribution in [0.1, 0.15) is 0 Å². The van der Waals surface area contributed by atoms with Gasteiger partial charge in [0.05, 0.1) is 17.8 Å². The summed E-state index contributed by atoms with van der Waals surface area (Å²) in [5.41, 5.74) is 1.49. The predicted octanol–water partition coefficient (Wildman–Crippen LogP) is 3.25. The lowest BCUT2D eigenvalue weighted by Gasteiger charge is -2.34. The van der Waals surface area contributed by atoms with Gasteiger partial charge < -0.3 is 10.2 Å². The first-order valence-corrected chi connectivity index (χ1v) is 11.1. The molecular weight excluding hydrogens is 415 g/mol. The number of rotatable bonds is 6. The lowest BCUT2D eigenvalue weighted by Crippen LogP contribution is -2.50. The number of amides is 2. The normalized spacial score (nSPS) is 14.5. The molecule has 1 aromatic heterocycles. The van der Waals surface area contributed by atoms with Crippen molar-refractivity contribution in [3.63, 3.8) is 0 Å². The van der Waals surface area contributed by atoms with Crippen LogP contribution in [0, 0.1) is 5.82 Å². The fraction of sp³-hybridized carbons (Fsp3) is 0.261. The van der Waals surface area contributed by atoms with Crippen LogP contribution in [0.25, 0.3) is 10.9 Å². The number of fused-ring (bicyclic) bond motifs is 1. The van der Waals surface area contributed by atoms with Gasteiger partial charge in [-0.05, 0) is 36.4 Å². The number of benzene rings is 2. The summed E-state index contributed by atoms with van der Waals surface area (Å²) in [5.74, 6) is -0.0131. The van der Waals surface area contributed by atoms with Crippen molar-refractivity contribution >= 4 is 40.2 Å². The van der Waals surface area contributed by atoms with E-state index in [0.717, 1.165) is 15.8 Å². The van der Waals surface area contributed by atoms with E-state index in [2.05, 4.69) is 10.3 Å². The molecule has 160 valence electrons. The minimum absolute atomic E-state index is 0.0984. The molecule has 6 nitrogen and oxygen atoms in total. The first-order chi connectivity index (χ1) is 15.1. The average Bonchev–Trinajstić information content (AvgIpc) is 2.79. The van der Waals surface area contributed by atoms with Gasteiger partial charge in [0, 0.05) is 48.3 Å². The summed E-state index contributed by atoms with van der Waals surface area (Å²) >= 11 is 1.53. The highest BCUT2D eigenvalue weighted by Gasteiger charge is 2.22. The summed E-state index contributed by atoms with van der Waals surface area (Å²) in [4.78, 5) is 34.2. The highest BCUT2D eigenvalue weighted by molar-refractivity contribution is 8.00. The number of nitrogens with one attached hydrogen (secondary N) is 1. The number of carbonyl (C=O) groups is 2. The zero-order valence-corrected chi connectivity index (χ0v) is 17.8. The van der Waals surface area contributed by atoms with Crippen molar-refractivity contribution in [2.24, 2.45) is 0 Å². The van der Waals surface area contributed by atoms with E-state index >= 15 is 0 Å². The molecule has 1 aliphatic rings. The van der Waals surface area contributed by atoms with Crippen LogP contribution in [-0.4, -0.2) is 65.1 Å². The molecule has 0 aliphatic carbocycles. The number of thioether (sulfide) groups is 1. The molecule has 3 aromatic rings. The summed E-state index contributed by atoms with van der Waals surface area (Å²) in [7, 11) is 0. The second-order valence-corrected chi connectivity index (χ2v) is 8.34. The third kappa shape index (κ3) is 5.59. The van der Waals surface area contributed by atoms with Gasteiger partial charge in [-0.2, -0.15) is 0 Å². The van der Waals surface area contributed by atoms with Gasteiger partial charge in [0.15, 0.2) is 0 Å². The van der Waals surface area contributed by atoms with Crippen LogP contribution < -0.4 is 5.32 Å². The van der Waals surface area contributed by atoms with Gasteiger partial charge in [-0.25, -0.2) is 4.39 Å². The van der Waals surface area contributed by atoms with Crippen molar-refractivity contribution in [3.05, 3.63) is 66.6 Å². The molecule has 2 amide bonds. The number of nitrogens with zero attached hydrogens (tertiary/aromatic N) is 3. The Morgan fingerprint density at radius 3 is 2.52 bits per heavy atom. The van der Waals surface area contributed by atoms with Gasteiger partial charge in [-0.3, -0.25) is 19.5 Å². The number of halogens is 1. The lowest BCUT2D eigenvalue weighted by molar-refractivity contribution is -0.130. The Hall–Kier alpha value is -2.97. The Morgan fingerprint density at radius 2 is 1.74 bits per heavy atom. The summed E-state index contributed by atoms with van der Waals surface area (Å²) in [6.45, 7) is 2.73. The van der Waals surface area contributed by atoms with E-state index in [9.17, 15) is 14.0 Å². The molecule has 0 bridgehead atoms. The Kier molecular flexibility index (Phi) is 6.79. The number of hydrogen-bond donors (Lipinski definition) is 1. The molecule has 1 aliphatic heterocycles. The first kappa shape index (κ1) is 21.3. The molecule has 31 heavy (non-hydrogen) atoms. The van der Waals surface area contributed by atoms with Gasteiger partial charge >= 0.3 is 0 Å². The van der Waals surface area contributed by atoms with Crippen LogP contribution in [0.2, 0.25) is 0 Å². The molecule has 0 atom stereocenters. The van der Waals surface area contributed by atoms with Gasteiger partial charge in [0.25, 0.3) is 0 Å². The maximum absolute atomic E-state index is 13.0. The van der Waals surface area contributed by atoms with Gasteiger partial charge in [-0.15, -0.1) is 11.8 Å². The third-order valence-electron chi connectivity index (χ3n) is 5.18. The third-order valence-corrected chi connectivity index (χ3v) is 6.24. The molecular formula is C23H23FN4O2S. The highest BCUT2D eigenvalue weighted by Crippen LogP contribution is 2.26. The topological polar surface area (TPSA) is 65.5 Å². The van der Waals surface area contributed by atoms with Crippen molar-refractivity contribution in [3.8, 4) is 0 Å². The molecule has 0 saturated carbocycles. The second kappa shape index (κ2) is 9.89. The number of pyridine rings is 1. The minimum atomic E-state index is -0.339. The molecule has 8 heteroatoms. The van der Waals surface area contributed by atoms with E-state index in [1.54, 1.807) is 6.20 Å². The van der Waals surface area contributed by atoms with Crippen molar-refractivity contribution < 1.29 is 14.0 Å². The Labute approximate surface area is 184 Å². The van der Waals surface area contributed by atoms with E-state index in [4.69, 9.17) is 0 Å². The monoisotopic (exact) mass is 438 g/mol. The molecule has 0 unspecified atom stereocenters. The van der Waals surface area contributed by atoms with E-state index in [1.807, 2.05) is 40.1 Å². The summed E-state index contributed by atoms with van der Waals surface area (Å²) in [6, 6.07) is 15.5. The quantitative estimate of drug-likeness (QED) is 0.599. The fourth-order valence-electron chi connectivity index (χ4n) is 3.52. The Balaban J connectivity index is 1.23. The largest absolute Gasteiger partial charge is 0.339 e. The van der Waals surface area contributed by atoms with Crippen molar-refractivity contribution in [1.29, 1.82) is 0 Å². The van der Waals surface area contributed by atoms with Crippen LogP contribution in [-0.2, 0) is 9.59 Å². The molecule has 4 rings (SSSR count). The smallest absolute Gasteiger partial charge is 0.238 e. The number of para-hydroxylation sites is 1. The summed E-state index contributed by atoms with van der Waals surface area (Å²) in [5, 5.41) is 3.82. The molecule has 1 saturated heterocycles. The molecule has 2 heterocycles. The SMILES string of the molecule is O=C(CN1CCN(C(=O)CSc2ccnc3ccccc23)CC1)Nc1ccc(F)cc1. The van der Waals surface area contributed by atoms with Crippen LogP contribution in [0.4, 0.5) is 10.1 Å². The van der Waals surface area contributed by atoms with Crippen LogP contribution >= 0.6 is 11.8 Å². The number of piperazine rings is 1. The maximum atomic E-state index is 13.0. The van der Waals surface area contributed by atoms with Crippen LogP contribution in [0.3, 0.4) is 0 Å². The maximum Gasteiger partial charge on any atom is 0.238 e. The van der Waals surface area contributed by atoms with Crippen molar-refractivity contribution in [2.75, 3.05) is 43.8 Å². The fourth-order valence-corrected chi connectivity index (χ4v) is 4.47. The molecule has 0 spiro atoms. The van der Waals surface area contributed by atoms with Crippen LogP contribution in [0.5, 0.6) is 0 Å². The number of carbonyl (C=O) groups excluding carboxylic acids is 2. The van der Waals surface area contributed by atoms with Gasteiger partial charge in [-0.1, -0.05) is 18.2 Å². The van der Waals surface area contributed by atoms with Crippen molar-refractivity contribution in [1.82, 2.24) is 14.8 Å². The lowest BCUT2D eigenvalue weighted by atomic mass is 10.2. The molecule has 1 fully saturated rings.